The van der Waals surface area contributed by atoms with Crippen LogP contribution < -0.4 is 5.32 Å². The van der Waals surface area contributed by atoms with Gasteiger partial charge in [-0.3, -0.25) is 14.8 Å². The smallest absolute Gasteiger partial charge is 0.234 e. The Morgan fingerprint density at radius 1 is 1.11 bits per heavy atom. The molecule has 186 valence electrons. The Kier molecular flexibility index (Phi) is 7.55. The maximum atomic E-state index is 12.8. The second-order valence-corrected chi connectivity index (χ2v) is 11.7. The average molecular weight is 565 g/mol. The Labute approximate surface area is 224 Å². The van der Waals surface area contributed by atoms with Crippen LogP contribution >= 0.6 is 27.7 Å². The van der Waals surface area contributed by atoms with Crippen LogP contribution in [-0.2, 0) is 4.79 Å². The third-order valence-electron chi connectivity index (χ3n) is 6.44. The molecule has 2 aliphatic rings. The summed E-state index contributed by atoms with van der Waals surface area (Å²) >= 11 is 4.99. The van der Waals surface area contributed by atoms with E-state index in [9.17, 15) is 4.79 Å². The molecule has 0 saturated carbocycles. The predicted octanol–water partition coefficient (Wildman–Crippen LogP) is 6.02. The van der Waals surface area contributed by atoms with Crippen molar-refractivity contribution in [2.45, 2.75) is 32.4 Å². The minimum atomic E-state index is -0.420. The summed E-state index contributed by atoms with van der Waals surface area (Å²) < 4.78 is 1.02. The summed E-state index contributed by atoms with van der Waals surface area (Å²) in [5.41, 5.74) is 3.11. The van der Waals surface area contributed by atoms with Crippen LogP contribution in [0.1, 0.15) is 32.3 Å². The number of nitrogens with zero attached hydrogens (tertiary/aromatic N) is 4. The first-order valence-electron chi connectivity index (χ1n) is 12.3. The Morgan fingerprint density at radius 3 is 2.61 bits per heavy atom. The molecule has 3 aromatic rings. The molecule has 36 heavy (non-hydrogen) atoms. The number of fused-ring (bicyclic) bond motifs is 1. The normalized spacial score (nSPS) is 17.4. The summed E-state index contributed by atoms with van der Waals surface area (Å²) in [5, 5.41) is 4.83. The van der Waals surface area contributed by atoms with Gasteiger partial charge >= 0.3 is 0 Å². The van der Waals surface area contributed by atoms with E-state index < -0.39 is 5.66 Å². The van der Waals surface area contributed by atoms with Crippen LogP contribution in [0.5, 0.6) is 0 Å². The first kappa shape index (κ1) is 25.1. The number of carbonyl (C=O) groups is 1. The zero-order valence-corrected chi connectivity index (χ0v) is 23.0. The van der Waals surface area contributed by atoms with Gasteiger partial charge in [0.25, 0.3) is 0 Å². The molecule has 0 atom stereocenters. The molecular weight excluding hydrogens is 534 g/mol. The number of hydrogen-bond acceptors (Lipinski definition) is 6. The standard InChI is InChI=1S/C28H30BrN5OS/c1-19(2)17-34-13-11-28(12-14-34)32-26(20-7-9-22(29)10-8-20)27(33-28)36-18-25(35)31-23-15-21-5-3-4-6-24(21)30-16-23/h3-10,15-16,19H,11-14,17-18H2,1-2H3,(H,31,35). The predicted molar refractivity (Wildman–Crippen MR) is 154 cm³/mol. The SMILES string of the molecule is CC(C)CN1CCC2(CC1)N=C(SCC(=O)Nc1cnc3ccccc3c1)C(c1ccc(Br)cc1)=N2. The van der Waals surface area contributed by atoms with Gasteiger partial charge in [-0.05, 0) is 30.2 Å². The fourth-order valence-electron chi connectivity index (χ4n) is 4.72. The number of benzene rings is 2. The highest BCUT2D eigenvalue weighted by molar-refractivity contribution is 9.10. The van der Waals surface area contributed by atoms with Crippen LogP contribution in [0.4, 0.5) is 5.69 Å². The van der Waals surface area contributed by atoms with E-state index in [0.29, 0.717) is 11.6 Å². The fourth-order valence-corrected chi connectivity index (χ4v) is 5.86. The zero-order chi connectivity index (χ0) is 25.1. The molecule has 1 fully saturated rings. The zero-order valence-electron chi connectivity index (χ0n) is 20.6. The maximum absolute atomic E-state index is 12.8. The largest absolute Gasteiger partial charge is 0.324 e. The van der Waals surface area contributed by atoms with Gasteiger partial charge in [-0.2, -0.15) is 0 Å². The van der Waals surface area contributed by atoms with Gasteiger partial charge in [0.05, 0.1) is 28.9 Å². The third-order valence-corrected chi connectivity index (χ3v) is 7.94. The van der Waals surface area contributed by atoms with Crippen molar-refractivity contribution in [1.82, 2.24) is 9.88 Å². The number of aliphatic imine (C=N–C) groups is 2. The third kappa shape index (κ3) is 5.88. The molecule has 1 aromatic heterocycles. The van der Waals surface area contributed by atoms with Crippen LogP contribution in [0.2, 0.25) is 0 Å². The quantitative estimate of drug-likeness (QED) is 0.398. The number of carbonyl (C=O) groups excluding carboxylic acids is 1. The van der Waals surface area contributed by atoms with Gasteiger partial charge in [-0.25, -0.2) is 4.99 Å². The van der Waals surface area contributed by atoms with Crippen molar-refractivity contribution < 1.29 is 4.79 Å². The van der Waals surface area contributed by atoms with E-state index in [1.165, 1.54) is 11.8 Å². The van der Waals surface area contributed by atoms with Gasteiger partial charge < -0.3 is 10.2 Å². The molecule has 1 saturated heterocycles. The molecule has 2 aliphatic heterocycles. The van der Waals surface area contributed by atoms with Crippen LogP contribution in [0.15, 0.2) is 75.3 Å². The number of halogens is 1. The van der Waals surface area contributed by atoms with Gasteiger partial charge in [-0.15, -0.1) is 0 Å². The van der Waals surface area contributed by atoms with E-state index >= 15 is 0 Å². The van der Waals surface area contributed by atoms with E-state index in [4.69, 9.17) is 9.98 Å². The number of thioether (sulfide) groups is 1. The molecule has 0 bridgehead atoms. The average Bonchev–Trinajstić information content (AvgIpc) is 3.22. The summed E-state index contributed by atoms with van der Waals surface area (Å²) in [5.74, 6) is 0.828. The number of amides is 1. The molecule has 1 amide bonds. The first-order chi connectivity index (χ1) is 17.4. The lowest BCUT2D eigenvalue weighted by atomic mass is 9.97. The molecule has 6 nitrogen and oxygen atoms in total. The van der Waals surface area contributed by atoms with E-state index in [-0.39, 0.29) is 11.7 Å². The number of para-hydroxylation sites is 1. The fraction of sp³-hybridized carbons (Fsp3) is 0.357. The topological polar surface area (TPSA) is 70.0 Å². The Bertz CT molecular complexity index is 1310. The van der Waals surface area contributed by atoms with Crippen LogP contribution in [0.25, 0.3) is 10.9 Å². The summed E-state index contributed by atoms with van der Waals surface area (Å²) in [7, 11) is 0. The van der Waals surface area contributed by atoms with E-state index in [1.54, 1.807) is 6.20 Å². The number of likely N-dealkylation sites (tertiary alicyclic amines) is 1. The van der Waals surface area contributed by atoms with Crippen molar-refractivity contribution in [2.24, 2.45) is 15.9 Å². The first-order valence-corrected chi connectivity index (χ1v) is 14.1. The van der Waals surface area contributed by atoms with Gasteiger partial charge in [-0.1, -0.05) is 71.9 Å². The van der Waals surface area contributed by atoms with E-state index in [0.717, 1.165) is 64.2 Å². The van der Waals surface area contributed by atoms with Crippen LogP contribution in [-0.4, -0.2) is 57.6 Å². The van der Waals surface area contributed by atoms with Gasteiger partial charge in [0.15, 0.2) is 5.66 Å². The summed E-state index contributed by atoms with van der Waals surface area (Å²) in [6.45, 7) is 7.61. The highest BCUT2D eigenvalue weighted by Crippen LogP contribution is 2.36. The minimum absolute atomic E-state index is 0.0809. The molecule has 5 rings (SSSR count). The molecule has 0 radical (unpaired) electrons. The maximum Gasteiger partial charge on any atom is 0.234 e. The monoisotopic (exact) mass is 563 g/mol. The molecule has 1 N–H and O–H groups in total. The highest BCUT2D eigenvalue weighted by Gasteiger charge is 2.39. The van der Waals surface area contributed by atoms with Crippen molar-refractivity contribution in [3.05, 3.63) is 70.8 Å². The van der Waals surface area contributed by atoms with Crippen molar-refractivity contribution in [1.29, 1.82) is 0 Å². The van der Waals surface area contributed by atoms with Gasteiger partial charge in [0.1, 0.15) is 5.04 Å². The molecular formula is C28H30BrN5OS. The lowest BCUT2D eigenvalue weighted by Crippen LogP contribution is -2.42. The van der Waals surface area contributed by atoms with Crippen LogP contribution in [0, 0.1) is 5.92 Å². The molecule has 8 heteroatoms. The number of hydrogen-bond donors (Lipinski definition) is 1. The molecule has 1 spiro atoms. The highest BCUT2D eigenvalue weighted by atomic mass is 79.9. The Morgan fingerprint density at radius 2 is 1.86 bits per heavy atom. The molecule has 2 aromatic carbocycles. The lowest BCUT2D eigenvalue weighted by molar-refractivity contribution is -0.113. The number of anilines is 1. The summed E-state index contributed by atoms with van der Waals surface area (Å²) in [6.07, 6.45) is 3.50. The Hall–Kier alpha value is -2.55. The number of piperidine rings is 1. The van der Waals surface area contributed by atoms with Crippen molar-refractivity contribution in [3.63, 3.8) is 0 Å². The van der Waals surface area contributed by atoms with Crippen molar-refractivity contribution in [2.75, 3.05) is 30.7 Å². The minimum Gasteiger partial charge on any atom is -0.324 e. The van der Waals surface area contributed by atoms with E-state index in [1.807, 2.05) is 42.5 Å². The van der Waals surface area contributed by atoms with Crippen molar-refractivity contribution >= 4 is 60.9 Å². The summed E-state index contributed by atoms with van der Waals surface area (Å²) in [4.78, 5) is 30.1. The second kappa shape index (κ2) is 10.8. The van der Waals surface area contributed by atoms with Gasteiger partial charge in [0, 0.05) is 47.9 Å². The summed E-state index contributed by atoms with van der Waals surface area (Å²) in [6, 6.07) is 18.0. The van der Waals surface area contributed by atoms with Crippen LogP contribution in [0.3, 0.4) is 0 Å². The van der Waals surface area contributed by atoms with E-state index in [2.05, 4.69) is 57.1 Å². The molecule has 0 unspecified atom stereocenters. The Balaban J connectivity index is 1.30. The molecule has 0 aliphatic carbocycles. The molecule has 3 heterocycles. The van der Waals surface area contributed by atoms with Crippen molar-refractivity contribution in [3.8, 4) is 0 Å². The van der Waals surface area contributed by atoms with Gasteiger partial charge in [0.2, 0.25) is 5.91 Å². The number of pyridine rings is 1. The number of rotatable bonds is 6. The number of aromatic nitrogens is 1. The second-order valence-electron chi connectivity index (χ2n) is 9.81. The lowest BCUT2D eigenvalue weighted by Gasteiger charge is -2.36. The number of nitrogens with one attached hydrogen (secondary N) is 1.